The normalized spacial score (nSPS) is 15.8. The van der Waals surface area contributed by atoms with Crippen LogP contribution in [0.1, 0.15) is 58.4 Å². The Labute approximate surface area is 181 Å². The number of nitrogens with zero attached hydrogens (tertiary/aromatic N) is 1. The monoisotopic (exact) mass is 408 g/mol. The minimum absolute atomic E-state index is 0.0166. The summed E-state index contributed by atoms with van der Waals surface area (Å²) in [5.74, 6) is 1.09. The van der Waals surface area contributed by atoms with Gasteiger partial charge in [-0.1, -0.05) is 57.4 Å². The van der Waals surface area contributed by atoms with E-state index in [0.29, 0.717) is 6.61 Å². The Morgan fingerprint density at radius 2 is 1.83 bits per heavy atom. The maximum Gasteiger partial charge on any atom is 0.229 e. The fraction of sp³-hybridized carbons (Fsp3) is 0.500. The third-order valence-electron chi connectivity index (χ3n) is 5.68. The molecule has 0 bridgehead atoms. The van der Waals surface area contributed by atoms with Gasteiger partial charge in [-0.15, -0.1) is 0 Å². The van der Waals surface area contributed by atoms with Crippen LogP contribution in [0.3, 0.4) is 0 Å². The van der Waals surface area contributed by atoms with Crippen LogP contribution < -0.4 is 15.0 Å². The zero-order valence-electron chi connectivity index (χ0n) is 18.7. The summed E-state index contributed by atoms with van der Waals surface area (Å²) in [4.78, 5) is 15.1. The summed E-state index contributed by atoms with van der Waals surface area (Å²) in [7, 11) is 0. The van der Waals surface area contributed by atoms with Crippen molar-refractivity contribution >= 4 is 11.6 Å². The molecule has 1 aliphatic rings. The van der Waals surface area contributed by atoms with E-state index in [1.807, 2.05) is 43.9 Å². The zero-order chi connectivity index (χ0) is 21.3. The fourth-order valence-electron chi connectivity index (χ4n) is 4.08. The predicted octanol–water partition coefficient (Wildman–Crippen LogP) is 5.80. The number of rotatable bonds is 4. The van der Waals surface area contributed by atoms with Crippen molar-refractivity contribution in [2.75, 3.05) is 24.6 Å². The summed E-state index contributed by atoms with van der Waals surface area (Å²) in [6.45, 7) is 9.19. The molecule has 0 fully saturated rings. The third kappa shape index (κ3) is 5.63. The summed E-state index contributed by atoms with van der Waals surface area (Å²) in [5.41, 5.74) is 4.44. The number of nitrogens with one attached hydrogen (secondary N) is 1. The molecule has 1 heterocycles. The molecular formula is C26H36N2O2. The highest BCUT2D eigenvalue weighted by atomic mass is 16.5. The molecule has 0 radical (unpaired) electrons. The van der Waals surface area contributed by atoms with Gasteiger partial charge in [0.1, 0.15) is 5.75 Å². The van der Waals surface area contributed by atoms with Gasteiger partial charge < -0.3 is 15.0 Å². The largest absolute Gasteiger partial charge is 0.493 e. The van der Waals surface area contributed by atoms with Crippen molar-refractivity contribution in [3.05, 3.63) is 48.0 Å². The van der Waals surface area contributed by atoms with Gasteiger partial charge in [-0.05, 0) is 55.6 Å². The van der Waals surface area contributed by atoms with E-state index in [1.54, 1.807) is 0 Å². The molecule has 30 heavy (non-hydrogen) atoms. The minimum atomic E-state index is -0.0166. The van der Waals surface area contributed by atoms with Gasteiger partial charge in [0, 0.05) is 30.3 Å². The number of benzene rings is 2. The Kier molecular flexibility index (Phi) is 8.32. The van der Waals surface area contributed by atoms with Crippen molar-refractivity contribution in [2.45, 2.75) is 59.4 Å². The summed E-state index contributed by atoms with van der Waals surface area (Å²) >= 11 is 0. The van der Waals surface area contributed by atoms with Crippen LogP contribution in [0.5, 0.6) is 5.75 Å². The van der Waals surface area contributed by atoms with Crippen LogP contribution >= 0.6 is 0 Å². The van der Waals surface area contributed by atoms with Gasteiger partial charge in [-0.25, -0.2) is 0 Å². The topological polar surface area (TPSA) is 41.6 Å². The number of hydrogen-bond donors (Lipinski definition) is 1. The van der Waals surface area contributed by atoms with E-state index in [9.17, 15) is 4.79 Å². The van der Waals surface area contributed by atoms with Crippen LogP contribution in [0.4, 0.5) is 5.69 Å². The highest BCUT2D eigenvalue weighted by Crippen LogP contribution is 2.34. The Balaban J connectivity index is 2.02. The van der Waals surface area contributed by atoms with Gasteiger partial charge in [0.15, 0.2) is 0 Å². The van der Waals surface area contributed by atoms with Crippen molar-refractivity contribution in [2.24, 2.45) is 5.92 Å². The molecule has 0 saturated carbocycles. The molecule has 4 nitrogen and oxygen atoms in total. The Bertz CT molecular complexity index is 832. The lowest BCUT2D eigenvalue weighted by atomic mass is 9.99. The molecule has 3 rings (SSSR count). The van der Waals surface area contributed by atoms with Gasteiger partial charge >= 0.3 is 0 Å². The van der Waals surface area contributed by atoms with Crippen LogP contribution in [0.2, 0.25) is 0 Å². The Morgan fingerprint density at radius 1 is 1.07 bits per heavy atom. The SMILES string of the molecule is CCOc1ccccc1-c1ccc2c(c1)CNCCCCCCCN2C(=O)C(C)C. The highest BCUT2D eigenvalue weighted by molar-refractivity contribution is 5.95. The highest BCUT2D eigenvalue weighted by Gasteiger charge is 2.22. The Hall–Kier alpha value is -2.33. The summed E-state index contributed by atoms with van der Waals surface area (Å²) in [5, 5.41) is 3.60. The van der Waals surface area contributed by atoms with E-state index in [2.05, 4.69) is 29.6 Å². The number of carbonyl (C=O) groups is 1. The van der Waals surface area contributed by atoms with Crippen molar-refractivity contribution in [1.29, 1.82) is 0 Å². The van der Waals surface area contributed by atoms with E-state index in [4.69, 9.17) is 4.74 Å². The molecule has 1 N–H and O–H groups in total. The van der Waals surface area contributed by atoms with Crippen LogP contribution in [-0.2, 0) is 11.3 Å². The first-order chi connectivity index (χ1) is 14.6. The molecule has 1 amide bonds. The van der Waals surface area contributed by atoms with Crippen molar-refractivity contribution in [3.8, 4) is 16.9 Å². The lowest BCUT2D eigenvalue weighted by molar-refractivity contribution is -0.121. The number of fused-ring (bicyclic) bond motifs is 1. The van der Waals surface area contributed by atoms with Crippen molar-refractivity contribution in [3.63, 3.8) is 0 Å². The lowest BCUT2D eigenvalue weighted by Gasteiger charge is -2.28. The summed E-state index contributed by atoms with van der Waals surface area (Å²) in [6.07, 6.45) is 5.93. The van der Waals surface area contributed by atoms with E-state index in [0.717, 1.165) is 48.6 Å². The first-order valence-corrected chi connectivity index (χ1v) is 11.5. The molecule has 0 spiro atoms. The predicted molar refractivity (Wildman–Crippen MR) is 125 cm³/mol. The average molecular weight is 409 g/mol. The first-order valence-electron chi connectivity index (χ1n) is 11.5. The fourth-order valence-corrected chi connectivity index (χ4v) is 4.08. The van der Waals surface area contributed by atoms with Crippen LogP contribution in [0.25, 0.3) is 11.1 Å². The molecule has 0 aliphatic carbocycles. The van der Waals surface area contributed by atoms with E-state index in [-0.39, 0.29) is 11.8 Å². The van der Waals surface area contributed by atoms with E-state index < -0.39 is 0 Å². The second-order valence-corrected chi connectivity index (χ2v) is 8.36. The number of hydrogen-bond acceptors (Lipinski definition) is 3. The van der Waals surface area contributed by atoms with E-state index in [1.165, 1.54) is 31.2 Å². The molecule has 162 valence electrons. The van der Waals surface area contributed by atoms with Crippen molar-refractivity contribution in [1.82, 2.24) is 5.32 Å². The average Bonchev–Trinajstić information content (AvgIpc) is 2.74. The van der Waals surface area contributed by atoms with Crippen LogP contribution in [0.15, 0.2) is 42.5 Å². The molecule has 2 aromatic rings. The smallest absolute Gasteiger partial charge is 0.229 e. The quantitative estimate of drug-likeness (QED) is 0.696. The number of ether oxygens (including phenoxy) is 1. The molecule has 0 saturated heterocycles. The van der Waals surface area contributed by atoms with E-state index >= 15 is 0 Å². The van der Waals surface area contributed by atoms with Gasteiger partial charge in [0.2, 0.25) is 5.91 Å². The van der Waals surface area contributed by atoms with Gasteiger partial charge in [-0.3, -0.25) is 4.79 Å². The van der Waals surface area contributed by atoms with Gasteiger partial charge in [0.25, 0.3) is 0 Å². The molecule has 4 heteroatoms. The maximum atomic E-state index is 13.1. The maximum absolute atomic E-state index is 13.1. The molecular weight excluding hydrogens is 372 g/mol. The molecule has 1 aliphatic heterocycles. The number of carbonyl (C=O) groups excluding carboxylic acids is 1. The van der Waals surface area contributed by atoms with Crippen LogP contribution in [-0.4, -0.2) is 25.6 Å². The van der Waals surface area contributed by atoms with Gasteiger partial charge in [-0.2, -0.15) is 0 Å². The Morgan fingerprint density at radius 3 is 2.63 bits per heavy atom. The van der Waals surface area contributed by atoms with Crippen molar-refractivity contribution < 1.29 is 9.53 Å². The molecule has 0 aromatic heterocycles. The molecule has 0 unspecified atom stereocenters. The third-order valence-corrected chi connectivity index (χ3v) is 5.68. The van der Waals surface area contributed by atoms with Gasteiger partial charge in [0.05, 0.1) is 6.61 Å². The second-order valence-electron chi connectivity index (χ2n) is 8.36. The van der Waals surface area contributed by atoms with Crippen LogP contribution in [0, 0.1) is 5.92 Å². The number of anilines is 1. The summed E-state index contributed by atoms with van der Waals surface area (Å²) < 4.78 is 5.86. The standard InChI is InChI=1S/C26H36N2O2/c1-4-30-25-13-9-8-12-23(25)21-14-15-24-22(18-21)19-27-16-10-6-5-7-11-17-28(24)26(29)20(2)3/h8-9,12-15,18,20,27H,4-7,10-11,16-17,19H2,1-3H3. The molecule has 2 aromatic carbocycles. The number of amides is 1. The lowest BCUT2D eigenvalue weighted by Crippen LogP contribution is -2.36. The summed E-state index contributed by atoms with van der Waals surface area (Å²) in [6, 6.07) is 14.7. The number of para-hydroxylation sites is 1. The zero-order valence-corrected chi connectivity index (χ0v) is 18.7. The second kappa shape index (κ2) is 11.2. The first kappa shape index (κ1) is 22.4. The molecule has 0 atom stereocenters. The minimum Gasteiger partial charge on any atom is -0.493 e.